The number of piperidine rings is 1. The van der Waals surface area contributed by atoms with Gasteiger partial charge in [0, 0.05) is 11.0 Å². The molecule has 1 saturated heterocycles. The SMILES string of the molecule is Cc1cc(S(=O)(=O)NCC2CCCNC2)ccc1Br. The Kier molecular flexibility index (Phi) is 5.00. The van der Waals surface area contributed by atoms with E-state index in [1.807, 2.05) is 6.92 Å². The smallest absolute Gasteiger partial charge is 0.240 e. The number of hydrogen-bond acceptors (Lipinski definition) is 3. The van der Waals surface area contributed by atoms with Gasteiger partial charge in [-0.3, -0.25) is 0 Å². The molecule has 2 rings (SSSR count). The normalized spacial score (nSPS) is 20.4. The van der Waals surface area contributed by atoms with Crippen LogP contribution in [0.3, 0.4) is 0 Å². The van der Waals surface area contributed by atoms with Gasteiger partial charge in [0.2, 0.25) is 10.0 Å². The summed E-state index contributed by atoms with van der Waals surface area (Å²) < 4.78 is 28.0. The number of halogens is 1. The van der Waals surface area contributed by atoms with Gasteiger partial charge in [0.05, 0.1) is 4.90 Å². The van der Waals surface area contributed by atoms with Gasteiger partial charge in [0.25, 0.3) is 0 Å². The second-order valence-electron chi connectivity index (χ2n) is 4.98. The van der Waals surface area contributed by atoms with E-state index < -0.39 is 10.0 Å². The van der Waals surface area contributed by atoms with Crippen LogP contribution in [0.5, 0.6) is 0 Å². The molecule has 1 unspecified atom stereocenters. The zero-order valence-electron chi connectivity index (χ0n) is 10.9. The Bertz CT molecular complexity index is 540. The first-order valence-electron chi connectivity index (χ1n) is 6.45. The molecule has 1 heterocycles. The predicted octanol–water partition coefficient (Wildman–Crippen LogP) is 2.04. The molecule has 0 amide bonds. The average Bonchev–Trinajstić information content (AvgIpc) is 2.41. The zero-order valence-corrected chi connectivity index (χ0v) is 13.4. The molecule has 0 aliphatic carbocycles. The van der Waals surface area contributed by atoms with Crippen LogP contribution in [0.4, 0.5) is 0 Å². The fraction of sp³-hybridized carbons (Fsp3) is 0.538. The average molecular weight is 347 g/mol. The van der Waals surface area contributed by atoms with Gasteiger partial charge in [0.1, 0.15) is 0 Å². The lowest BCUT2D eigenvalue weighted by Gasteiger charge is -2.22. The van der Waals surface area contributed by atoms with Gasteiger partial charge in [-0.15, -0.1) is 0 Å². The molecule has 1 aromatic rings. The number of hydrogen-bond donors (Lipinski definition) is 2. The van der Waals surface area contributed by atoms with Crippen LogP contribution in [0.1, 0.15) is 18.4 Å². The molecular weight excluding hydrogens is 328 g/mol. The van der Waals surface area contributed by atoms with Gasteiger partial charge >= 0.3 is 0 Å². The minimum absolute atomic E-state index is 0.331. The van der Waals surface area contributed by atoms with Gasteiger partial charge in [-0.25, -0.2) is 13.1 Å². The third-order valence-electron chi connectivity index (χ3n) is 3.40. The fourth-order valence-electron chi connectivity index (χ4n) is 2.19. The number of nitrogens with one attached hydrogen (secondary N) is 2. The standard InChI is InChI=1S/C13H19BrN2O2S/c1-10-7-12(4-5-13(10)14)19(17,18)16-9-11-3-2-6-15-8-11/h4-5,7,11,15-16H,2-3,6,8-9H2,1H3. The van der Waals surface area contributed by atoms with Crippen LogP contribution in [0.2, 0.25) is 0 Å². The van der Waals surface area contributed by atoms with Gasteiger partial charge < -0.3 is 5.32 Å². The van der Waals surface area contributed by atoms with Gasteiger partial charge in [-0.05, 0) is 62.5 Å². The molecule has 1 fully saturated rings. The van der Waals surface area contributed by atoms with E-state index in [0.29, 0.717) is 17.4 Å². The highest BCUT2D eigenvalue weighted by Gasteiger charge is 2.18. The predicted molar refractivity (Wildman–Crippen MR) is 79.7 cm³/mol. The monoisotopic (exact) mass is 346 g/mol. The quantitative estimate of drug-likeness (QED) is 0.876. The van der Waals surface area contributed by atoms with E-state index in [4.69, 9.17) is 0 Å². The Hall–Kier alpha value is -0.430. The largest absolute Gasteiger partial charge is 0.316 e. The van der Waals surface area contributed by atoms with E-state index in [-0.39, 0.29) is 0 Å². The van der Waals surface area contributed by atoms with Crippen molar-refractivity contribution in [1.82, 2.24) is 10.0 Å². The molecule has 2 N–H and O–H groups in total. The van der Waals surface area contributed by atoms with E-state index in [9.17, 15) is 8.42 Å². The molecule has 0 radical (unpaired) electrons. The van der Waals surface area contributed by atoms with Gasteiger partial charge in [-0.2, -0.15) is 0 Å². The van der Waals surface area contributed by atoms with Crippen LogP contribution in [0, 0.1) is 12.8 Å². The van der Waals surface area contributed by atoms with Gasteiger partial charge in [0.15, 0.2) is 0 Å². The van der Waals surface area contributed by atoms with E-state index >= 15 is 0 Å². The molecule has 0 aromatic heterocycles. The first-order valence-corrected chi connectivity index (χ1v) is 8.73. The topological polar surface area (TPSA) is 58.2 Å². The lowest BCUT2D eigenvalue weighted by Crippen LogP contribution is -2.38. The number of aryl methyl sites for hydroxylation is 1. The fourth-order valence-corrected chi connectivity index (χ4v) is 3.64. The van der Waals surface area contributed by atoms with Gasteiger partial charge in [-0.1, -0.05) is 15.9 Å². The highest BCUT2D eigenvalue weighted by atomic mass is 79.9. The summed E-state index contributed by atoms with van der Waals surface area (Å²) in [7, 11) is -3.40. The molecule has 1 aliphatic rings. The van der Waals surface area contributed by atoms with E-state index in [2.05, 4.69) is 26.0 Å². The van der Waals surface area contributed by atoms with Crippen molar-refractivity contribution in [3.05, 3.63) is 28.2 Å². The second kappa shape index (κ2) is 6.35. The van der Waals surface area contributed by atoms with E-state index in [1.54, 1.807) is 18.2 Å². The maximum Gasteiger partial charge on any atom is 0.240 e. The van der Waals surface area contributed by atoms with Crippen molar-refractivity contribution >= 4 is 26.0 Å². The number of rotatable bonds is 4. The minimum atomic E-state index is -3.40. The highest BCUT2D eigenvalue weighted by molar-refractivity contribution is 9.10. The summed E-state index contributed by atoms with van der Waals surface area (Å²) in [5, 5.41) is 3.29. The van der Waals surface area contributed by atoms with Crippen molar-refractivity contribution in [3.8, 4) is 0 Å². The molecule has 0 bridgehead atoms. The van der Waals surface area contributed by atoms with Crippen molar-refractivity contribution in [2.75, 3.05) is 19.6 Å². The molecule has 1 aromatic carbocycles. The zero-order chi connectivity index (χ0) is 13.9. The van der Waals surface area contributed by atoms with Crippen molar-refractivity contribution in [2.24, 2.45) is 5.92 Å². The Balaban J connectivity index is 2.02. The summed E-state index contributed by atoms with van der Waals surface area (Å²) in [6.07, 6.45) is 2.19. The summed E-state index contributed by atoms with van der Waals surface area (Å²) in [5.41, 5.74) is 0.919. The minimum Gasteiger partial charge on any atom is -0.316 e. The van der Waals surface area contributed by atoms with Crippen molar-refractivity contribution in [1.29, 1.82) is 0 Å². The number of benzene rings is 1. The molecule has 106 valence electrons. The molecule has 19 heavy (non-hydrogen) atoms. The first-order chi connectivity index (χ1) is 8.99. The lowest BCUT2D eigenvalue weighted by atomic mass is 10.0. The molecule has 0 spiro atoms. The molecule has 6 heteroatoms. The van der Waals surface area contributed by atoms with Crippen molar-refractivity contribution < 1.29 is 8.42 Å². The van der Waals surface area contributed by atoms with Crippen LogP contribution in [-0.4, -0.2) is 28.1 Å². The number of sulfonamides is 1. The van der Waals surface area contributed by atoms with Crippen LogP contribution in [0.25, 0.3) is 0 Å². The summed E-state index contributed by atoms with van der Waals surface area (Å²) >= 11 is 3.37. The van der Waals surface area contributed by atoms with Crippen LogP contribution in [-0.2, 0) is 10.0 Å². The van der Waals surface area contributed by atoms with Crippen molar-refractivity contribution in [3.63, 3.8) is 0 Å². The Morgan fingerprint density at radius 1 is 1.47 bits per heavy atom. The summed E-state index contributed by atoms with van der Waals surface area (Å²) in [5.74, 6) is 0.389. The Morgan fingerprint density at radius 2 is 2.26 bits per heavy atom. The van der Waals surface area contributed by atoms with Crippen molar-refractivity contribution in [2.45, 2.75) is 24.7 Å². The summed E-state index contributed by atoms with van der Waals surface area (Å²) in [4.78, 5) is 0.331. The molecule has 1 aliphatic heterocycles. The second-order valence-corrected chi connectivity index (χ2v) is 7.60. The van der Waals surface area contributed by atoms with Crippen LogP contribution < -0.4 is 10.0 Å². The van der Waals surface area contributed by atoms with E-state index in [0.717, 1.165) is 36.0 Å². The van der Waals surface area contributed by atoms with Crippen LogP contribution >= 0.6 is 15.9 Å². The maximum atomic E-state index is 12.2. The molecule has 0 saturated carbocycles. The van der Waals surface area contributed by atoms with Crippen LogP contribution in [0.15, 0.2) is 27.6 Å². The molecule has 1 atom stereocenters. The van der Waals surface area contributed by atoms with E-state index in [1.165, 1.54) is 0 Å². The Morgan fingerprint density at radius 3 is 2.89 bits per heavy atom. The maximum absolute atomic E-state index is 12.2. The molecule has 4 nitrogen and oxygen atoms in total. The first kappa shape index (κ1) is 15.0. The lowest BCUT2D eigenvalue weighted by molar-refractivity contribution is 0.376. The molecular formula is C13H19BrN2O2S. The third kappa shape index (κ3) is 4.02. The summed E-state index contributed by atoms with van der Waals surface area (Å²) in [6, 6.07) is 5.08. The summed E-state index contributed by atoms with van der Waals surface area (Å²) in [6.45, 7) is 4.32. The Labute approximate surface area is 123 Å². The third-order valence-corrected chi connectivity index (χ3v) is 5.71. The highest BCUT2D eigenvalue weighted by Crippen LogP contribution is 2.20.